The van der Waals surface area contributed by atoms with Crippen LogP contribution in [0.3, 0.4) is 0 Å². The topological polar surface area (TPSA) is 67.8 Å². The van der Waals surface area contributed by atoms with Crippen molar-refractivity contribution in [1.82, 2.24) is 15.1 Å². The summed E-state index contributed by atoms with van der Waals surface area (Å²) in [4.78, 5) is 15.6. The molecule has 3 rings (SSSR count). The highest BCUT2D eigenvalue weighted by molar-refractivity contribution is 5.76. The second kappa shape index (κ2) is 7.66. The molecule has 0 aliphatic carbocycles. The fourth-order valence-corrected chi connectivity index (χ4v) is 3.73. The van der Waals surface area contributed by atoms with E-state index in [1.165, 1.54) is 0 Å². The van der Waals surface area contributed by atoms with Gasteiger partial charge in [-0.05, 0) is 38.3 Å². The largest absolute Gasteiger partial charge is 0.377 e. The second-order valence-electron chi connectivity index (χ2n) is 7.35. The van der Waals surface area contributed by atoms with E-state index in [4.69, 9.17) is 9.47 Å². The number of ether oxygens (including phenoxy) is 2. The fourth-order valence-electron chi connectivity index (χ4n) is 3.73. The van der Waals surface area contributed by atoms with E-state index in [0.29, 0.717) is 6.61 Å². The van der Waals surface area contributed by atoms with E-state index >= 15 is 0 Å². The Morgan fingerprint density at radius 2 is 2.28 bits per heavy atom. The third-order valence-electron chi connectivity index (χ3n) is 5.21. The summed E-state index contributed by atoms with van der Waals surface area (Å²) in [7, 11) is 3.49. The Hall–Kier alpha value is -1.73. The zero-order valence-electron chi connectivity index (χ0n) is 15.4. The summed E-state index contributed by atoms with van der Waals surface area (Å²) in [6, 6.07) is 4.02. The first kappa shape index (κ1) is 18.1. The zero-order chi connectivity index (χ0) is 17.9. The maximum Gasteiger partial charge on any atom is 0.248 e. The first-order valence-corrected chi connectivity index (χ1v) is 8.95. The van der Waals surface area contributed by atoms with Crippen LogP contribution in [0.15, 0.2) is 12.1 Å². The monoisotopic (exact) mass is 348 g/mol. The second-order valence-corrected chi connectivity index (χ2v) is 7.35. The van der Waals surface area contributed by atoms with E-state index in [1.807, 2.05) is 19.1 Å². The van der Waals surface area contributed by atoms with Gasteiger partial charge < -0.3 is 19.3 Å². The van der Waals surface area contributed by atoms with Crippen molar-refractivity contribution in [2.75, 3.05) is 51.9 Å². The summed E-state index contributed by atoms with van der Waals surface area (Å²) in [5.41, 5.74) is 0.829. The molecule has 1 aromatic heterocycles. The first-order chi connectivity index (χ1) is 12.0. The van der Waals surface area contributed by atoms with Crippen LogP contribution in [0.25, 0.3) is 0 Å². The van der Waals surface area contributed by atoms with Crippen molar-refractivity contribution in [1.29, 1.82) is 0 Å². The molecule has 0 N–H and O–H groups in total. The van der Waals surface area contributed by atoms with E-state index < -0.39 is 0 Å². The lowest BCUT2D eigenvalue weighted by molar-refractivity contribution is -0.144. The van der Waals surface area contributed by atoms with Crippen LogP contribution >= 0.6 is 0 Å². The normalized spacial score (nSPS) is 26.2. The van der Waals surface area contributed by atoms with E-state index in [0.717, 1.165) is 50.5 Å². The van der Waals surface area contributed by atoms with Gasteiger partial charge in [0.1, 0.15) is 6.61 Å². The molecule has 0 radical (unpaired) electrons. The molecule has 0 spiro atoms. The maximum atomic E-state index is 11.8. The predicted octanol–water partition coefficient (Wildman–Crippen LogP) is 1.27. The fraction of sp³-hybridized carbons (Fsp3) is 0.722. The van der Waals surface area contributed by atoms with Gasteiger partial charge in [0.2, 0.25) is 5.91 Å². The lowest BCUT2D eigenvalue weighted by Gasteiger charge is -2.50. The minimum Gasteiger partial charge on any atom is -0.377 e. The van der Waals surface area contributed by atoms with E-state index in [-0.39, 0.29) is 24.0 Å². The van der Waals surface area contributed by atoms with Gasteiger partial charge in [-0.25, -0.2) is 0 Å². The molecule has 2 fully saturated rings. The number of aryl methyl sites for hydroxylation is 1. The van der Waals surface area contributed by atoms with Crippen LogP contribution in [0, 0.1) is 12.3 Å². The maximum absolute atomic E-state index is 11.8. The minimum atomic E-state index is -0.0876. The molecule has 7 nitrogen and oxygen atoms in total. The number of nitrogens with zero attached hydrogens (tertiary/aromatic N) is 4. The third-order valence-corrected chi connectivity index (χ3v) is 5.21. The van der Waals surface area contributed by atoms with Crippen LogP contribution in [-0.4, -0.2) is 74.1 Å². The molecule has 0 aromatic carbocycles. The minimum absolute atomic E-state index is 0.0123. The summed E-state index contributed by atoms with van der Waals surface area (Å²) in [5.74, 6) is 0.889. The van der Waals surface area contributed by atoms with Crippen molar-refractivity contribution in [2.24, 2.45) is 5.41 Å². The van der Waals surface area contributed by atoms with Crippen LogP contribution in [0.5, 0.6) is 0 Å². The average molecular weight is 348 g/mol. The van der Waals surface area contributed by atoms with Crippen LogP contribution in [0.4, 0.5) is 5.82 Å². The van der Waals surface area contributed by atoms with Crippen molar-refractivity contribution >= 4 is 11.7 Å². The number of likely N-dealkylation sites (N-methyl/N-ethyl adjacent to an activating group) is 1. The molecule has 2 aliphatic heterocycles. The Morgan fingerprint density at radius 3 is 3.00 bits per heavy atom. The van der Waals surface area contributed by atoms with Gasteiger partial charge in [-0.2, -0.15) is 5.10 Å². The van der Waals surface area contributed by atoms with Gasteiger partial charge in [0, 0.05) is 39.2 Å². The summed E-state index contributed by atoms with van der Waals surface area (Å²) >= 11 is 0. The highest BCUT2D eigenvalue weighted by atomic mass is 16.5. The molecule has 2 atom stereocenters. The lowest BCUT2D eigenvalue weighted by atomic mass is 9.73. The van der Waals surface area contributed by atoms with Gasteiger partial charge in [0.05, 0.1) is 18.4 Å². The van der Waals surface area contributed by atoms with Crippen LogP contribution < -0.4 is 4.90 Å². The SMILES string of the molecule is Cc1ccc(N2CC[C@@H]3OCCC[C@]3(COCC(=O)N(C)C)C2)nn1. The van der Waals surface area contributed by atoms with Crippen LogP contribution in [0.2, 0.25) is 0 Å². The molecule has 1 amide bonds. The van der Waals surface area contributed by atoms with Crippen molar-refractivity contribution in [2.45, 2.75) is 32.3 Å². The number of carbonyl (C=O) groups excluding carboxylic acids is 1. The molecule has 0 unspecified atom stereocenters. The smallest absolute Gasteiger partial charge is 0.248 e. The highest BCUT2D eigenvalue weighted by Crippen LogP contribution is 2.41. The number of hydrogen-bond donors (Lipinski definition) is 0. The number of aromatic nitrogens is 2. The summed E-state index contributed by atoms with van der Waals surface area (Å²) in [5, 5.41) is 8.52. The van der Waals surface area contributed by atoms with Gasteiger partial charge >= 0.3 is 0 Å². The van der Waals surface area contributed by atoms with E-state index in [2.05, 4.69) is 15.1 Å². The average Bonchev–Trinajstić information content (AvgIpc) is 2.61. The number of hydrogen-bond acceptors (Lipinski definition) is 6. The Labute approximate surface area is 149 Å². The zero-order valence-corrected chi connectivity index (χ0v) is 15.4. The predicted molar refractivity (Wildman–Crippen MR) is 94.5 cm³/mol. The summed E-state index contributed by atoms with van der Waals surface area (Å²) < 4.78 is 11.9. The quantitative estimate of drug-likeness (QED) is 0.798. The first-order valence-electron chi connectivity index (χ1n) is 8.95. The van der Waals surface area contributed by atoms with Gasteiger partial charge in [0.25, 0.3) is 0 Å². The number of fused-ring (bicyclic) bond motifs is 1. The molecule has 0 saturated carbocycles. The van der Waals surface area contributed by atoms with Gasteiger partial charge in [-0.15, -0.1) is 5.10 Å². The van der Waals surface area contributed by atoms with Crippen LogP contribution in [0.1, 0.15) is 25.0 Å². The Morgan fingerprint density at radius 1 is 1.44 bits per heavy atom. The molecule has 7 heteroatoms. The Balaban J connectivity index is 1.70. The van der Waals surface area contributed by atoms with Crippen molar-refractivity contribution in [3.8, 4) is 0 Å². The molecule has 25 heavy (non-hydrogen) atoms. The molecule has 0 bridgehead atoms. The molecule has 3 heterocycles. The number of carbonyl (C=O) groups is 1. The van der Waals surface area contributed by atoms with Gasteiger partial charge in [0.15, 0.2) is 5.82 Å². The number of amides is 1. The number of rotatable bonds is 5. The summed E-state index contributed by atoms with van der Waals surface area (Å²) in [6.07, 6.45) is 3.20. The van der Waals surface area contributed by atoms with Crippen LogP contribution in [-0.2, 0) is 14.3 Å². The summed E-state index contributed by atoms with van der Waals surface area (Å²) in [6.45, 7) is 5.13. The molecule has 138 valence electrons. The molecule has 2 saturated heterocycles. The van der Waals surface area contributed by atoms with Crippen molar-refractivity contribution in [3.63, 3.8) is 0 Å². The third kappa shape index (κ3) is 4.10. The molecular weight excluding hydrogens is 320 g/mol. The van der Waals surface area contributed by atoms with E-state index in [1.54, 1.807) is 19.0 Å². The molecular formula is C18H28N4O3. The lowest BCUT2D eigenvalue weighted by Crippen LogP contribution is -2.57. The highest BCUT2D eigenvalue weighted by Gasteiger charge is 2.46. The van der Waals surface area contributed by atoms with Gasteiger partial charge in [-0.3, -0.25) is 4.79 Å². The molecule has 1 aromatic rings. The standard InChI is InChI=1S/C18H28N4O3/c1-14-5-6-16(20-19-14)22-9-7-15-18(12-22,8-4-10-25-15)13-24-11-17(23)21(2)3/h5-6,15H,4,7-13H2,1-3H3/t15-,18+/m0/s1. The van der Waals surface area contributed by atoms with Gasteiger partial charge in [-0.1, -0.05) is 0 Å². The molecule has 2 aliphatic rings. The Kier molecular flexibility index (Phi) is 5.54. The van der Waals surface area contributed by atoms with E-state index in [9.17, 15) is 4.79 Å². The van der Waals surface area contributed by atoms with Crippen molar-refractivity contribution < 1.29 is 14.3 Å². The van der Waals surface area contributed by atoms with Crippen molar-refractivity contribution in [3.05, 3.63) is 17.8 Å². The number of piperidine rings is 1. The number of anilines is 1. The Bertz CT molecular complexity index is 592.